The lowest BCUT2D eigenvalue weighted by molar-refractivity contribution is -0.120. The Bertz CT molecular complexity index is 1070. The molecular formula is C23H27N3O4S. The fraction of sp³-hybridized carbons (Fsp3) is 0.391. The number of aryl methyl sites for hydroxylation is 2. The van der Waals surface area contributed by atoms with E-state index in [4.69, 9.17) is 0 Å². The number of carbonyl (C=O) groups is 2. The van der Waals surface area contributed by atoms with Crippen LogP contribution in [0.1, 0.15) is 47.1 Å². The second-order valence-corrected chi connectivity index (χ2v) is 9.96. The largest absolute Gasteiger partial charge is 0.352 e. The van der Waals surface area contributed by atoms with E-state index >= 15 is 0 Å². The van der Waals surface area contributed by atoms with Gasteiger partial charge in [-0.15, -0.1) is 0 Å². The molecule has 31 heavy (non-hydrogen) atoms. The Labute approximate surface area is 182 Å². The Morgan fingerprint density at radius 3 is 2.19 bits per heavy atom. The number of urea groups is 1. The van der Waals surface area contributed by atoms with E-state index in [0.717, 1.165) is 60.9 Å². The summed E-state index contributed by atoms with van der Waals surface area (Å²) in [5, 5.41) is 5.49. The summed E-state index contributed by atoms with van der Waals surface area (Å²) in [6, 6.07) is 10.8. The van der Waals surface area contributed by atoms with E-state index in [9.17, 15) is 18.0 Å². The number of carbonyl (C=O) groups excluding carboxylic acids is 2. The van der Waals surface area contributed by atoms with Gasteiger partial charge >= 0.3 is 6.03 Å². The highest BCUT2D eigenvalue weighted by molar-refractivity contribution is 7.90. The molecule has 0 saturated carbocycles. The van der Waals surface area contributed by atoms with Gasteiger partial charge in [0.15, 0.2) is 0 Å². The summed E-state index contributed by atoms with van der Waals surface area (Å²) in [7, 11) is -3.93. The molecule has 0 spiro atoms. The molecule has 3 N–H and O–H groups in total. The molecule has 2 aliphatic carbocycles. The van der Waals surface area contributed by atoms with Crippen molar-refractivity contribution in [2.45, 2.75) is 51.5 Å². The van der Waals surface area contributed by atoms with Crippen LogP contribution < -0.4 is 15.4 Å². The molecule has 2 aliphatic rings. The lowest BCUT2D eigenvalue weighted by Crippen LogP contribution is -2.37. The van der Waals surface area contributed by atoms with Crippen molar-refractivity contribution in [2.24, 2.45) is 0 Å². The van der Waals surface area contributed by atoms with Gasteiger partial charge in [-0.3, -0.25) is 4.79 Å². The number of amides is 3. The summed E-state index contributed by atoms with van der Waals surface area (Å²) in [4.78, 5) is 24.5. The third-order valence-corrected chi connectivity index (χ3v) is 7.13. The molecule has 164 valence electrons. The van der Waals surface area contributed by atoms with Crippen LogP contribution in [0.5, 0.6) is 0 Å². The van der Waals surface area contributed by atoms with Gasteiger partial charge in [-0.25, -0.2) is 17.9 Å². The number of anilines is 1. The van der Waals surface area contributed by atoms with Gasteiger partial charge in [-0.1, -0.05) is 36.4 Å². The van der Waals surface area contributed by atoms with Crippen LogP contribution in [0, 0.1) is 0 Å². The summed E-state index contributed by atoms with van der Waals surface area (Å²) in [6.45, 7) is 0.331. The maximum Gasteiger partial charge on any atom is 0.332 e. The van der Waals surface area contributed by atoms with Gasteiger partial charge in [0.1, 0.15) is 0 Å². The molecule has 2 aromatic carbocycles. The molecule has 0 aliphatic heterocycles. The fourth-order valence-corrected chi connectivity index (χ4v) is 5.30. The average Bonchev–Trinajstić information content (AvgIpc) is 3.40. The first-order valence-corrected chi connectivity index (χ1v) is 12.3. The highest BCUT2D eigenvalue weighted by atomic mass is 32.2. The van der Waals surface area contributed by atoms with Crippen molar-refractivity contribution >= 4 is 27.6 Å². The second kappa shape index (κ2) is 9.09. The van der Waals surface area contributed by atoms with Gasteiger partial charge < -0.3 is 10.6 Å². The van der Waals surface area contributed by atoms with E-state index < -0.39 is 21.8 Å². The van der Waals surface area contributed by atoms with Gasteiger partial charge in [0.05, 0.1) is 5.75 Å². The number of nitrogens with one attached hydrogen (secondary N) is 3. The molecule has 7 nitrogen and oxygen atoms in total. The number of fused-ring (bicyclic) bond motifs is 2. The standard InChI is InChI=1S/C23H27N3O4S/c27-21(24-15-16-6-2-1-3-7-16)12-13-31(29,30)26-23(28)25-22-19-10-4-8-17(19)14-18-9-5-11-20(18)22/h1-3,6-7,14H,4-5,8-13,15H2,(H,24,27)(H2,25,26,28). The highest BCUT2D eigenvalue weighted by Crippen LogP contribution is 2.38. The van der Waals surface area contributed by atoms with Crippen molar-refractivity contribution < 1.29 is 18.0 Å². The summed E-state index contributed by atoms with van der Waals surface area (Å²) in [5.41, 5.74) is 6.50. The van der Waals surface area contributed by atoms with Crippen LogP contribution >= 0.6 is 0 Å². The monoisotopic (exact) mass is 441 g/mol. The molecule has 4 rings (SSSR count). The minimum absolute atomic E-state index is 0.217. The first-order valence-electron chi connectivity index (χ1n) is 10.7. The van der Waals surface area contributed by atoms with Crippen molar-refractivity contribution in [1.82, 2.24) is 10.0 Å². The first kappa shape index (κ1) is 21.4. The molecule has 0 unspecified atom stereocenters. The predicted octanol–water partition coefficient (Wildman–Crippen LogP) is 2.82. The Balaban J connectivity index is 1.32. The quantitative estimate of drug-likeness (QED) is 0.615. The zero-order valence-corrected chi connectivity index (χ0v) is 18.2. The molecule has 0 radical (unpaired) electrons. The minimum Gasteiger partial charge on any atom is -0.352 e. The van der Waals surface area contributed by atoms with E-state index in [2.05, 4.69) is 21.4 Å². The molecule has 0 atom stereocenters. The predicted molar refractivity (Wildman–Crippen MR) is 119 cm³/mol. The topological polar surface area (TPSA) is 104 Å². The first-order chi connectivity index (χ1) is 14.9. The molecule has 2 aromatic rings. The number of hydrogen-bond donors (Lipinski definition) is 3. The lowest BCUT2D eigenvalue weighted by atomic mass is 9.99. The molecule has 0 fully saturated rings. The summed E-state index contributed by atoms with van der Waals surface area (Å²) < 4.78 is 26.7. The van der Waals surface area contributed by atoms with Crippen LogP contribution in [0.25, 0.3) is 0 Å². The van der Waals surface area contributed by atoms with Crippen molar-refractivity contribution in [2.75, 3.05) is 11.1 Å². The fourth-order valence-electron chi connectivity index (χ4n) is 4.41. The van der Waals surface area contributed by atoms with E-state index in [0.29, 0.717) is 6.54 Å². The van der Waals surface area contributed by atoms with Crippen molar-refractivity contribution in [1.29, 1.82) is 0 Å². The van der Waals surface area contributed by atoms with Crippen LogP contribution in [0.3, 0.4) is 0 Å². The molecule has 0 bridgehead atoms. The molecular weight excluding hydrogens is 414 g/mol. The lowest BCUT2D eigenvalue weighted by Gasteiger charge is -2.16. The smallest absolute Gasteiger partial charge is 0.332 e. The number of benzene rings is 2. The van der Waals surface area contributed by atoms with Crippen molar-refractivity contribution in [3.05, 3.63) is 64.2 Å². The molecule has 0 aromatic heterocycles. The maximum atomic E-state index is 12.5. The number of rotatable bonds is 7. The Hall–Kier alpha value is -2.87. The minimum atomic E-state index is -3.93. The van der Waals surface area contributed by atoms with Gasteiger partial charge in [0.2, 0.25) is 15.9 Å². The summed E-state index contributed by atoms with van der Waals surface area (Å²) in [6.07, 6.45) is 5.66. The zero-order chi connectivity index (χ0) is 21.8. The highest BCUT2D eigenvalue weighted by Gasteiger charge is 2.26. The molecule has 0 saturated heterocycles. The van der Waals surface area contributed by atoms with E-state index in [1.54, 1.807) is 0 Å². The van der Waals surface area contributed by atoms with Gasteiger partial charge in [0, 0.05) is 18.7 Å². The number of hydrogen-bond acceptors (Lipinski definition) is 4. The van der Waals surface area contributed by atoms with Crippen LogP contribution in [0.2, 0.25) is 0 Å². The molecule has 3 amide bonds. The number of sulfonamides is 1. The third kappa shape index (κ3) is 5.25. The van der Waals surface area contributed by atoms with Crippen LogP contribution in [-0.4, -0.2) is 26.1 Å². The summed E-state index contributed by atoms with van der Waals surface area (Å²) in [5.74, 6) is -0.834. The third-order valence-electron chi connectivity index (χ3n) is 5.89. The summed E-state index contributed by atoms with van der Waals surface area (Å²) >= 11 is 0. The zero-order valence-electron chi connectivity index (χ0n) is 17.4. The Kier molecular flexibility index (Phi) is 6.27. The van der Waals surface area contributed by atoms with E-state index in [-0.39, 0.29) is 12.3 Å². The van der Waals surface area contributed by atoms with Crippen molar-refractivity contribution in [3.63, 3.8) is 0 Å². The SMILES string of the molecule is O=C(CCS(=O)(=O)NC(=O)Nc1c2c(cc3c1CCC3)CCC2)NCc1ccccc1. The molecule has 0 heterocycles. The van der Waals surface area contributed by atoms with E-state index in [1.165, 1.54) is 11.1 Å². The van der Waals surface area contributed by atoms with Crippen LogP contribution in [0.15, 0.2) is 36.4 Å². The second-order valence-electron chi connectivity index (χ2n) is 8.12. The van der Waals surface area contributed by atoms with Crippen LogP contribution in [-0.2, 0) is 47.0 Å². The van der Waals surface area contributed by atoms with Crippen LogP contribution in [0.4, 0.5) is 10.5 Å². The Morgan fingerprint density at radius 1 is 0.903 bits per heavy atom. The van der Waals surface area contributed by atoms with Gasteiger partial charge in [-0.05, 0) is 66.3 Å². The maximum absolute atomic E-state index is 12.5. The normalized spacial score (nSPS) is 14.6. The molecule has 8 heteroatoms. The Morgan fingerprint density at radius 2 is 1.55 bits per heavy atom. The van der Waals surface area contributed by atoms with Gasteiger partial charge in [-0.2, -0.15) is 0 Å². The van der Waals surface area contributed by atoms with E-state index in [1.807, 2.05) is 30.3 Å². The van der Waals surface area contributed by atoms with Crippen molar-refractivity contribution in [3.8, 4) is 0 Å². The van der Waals surface area contributed by atoms with Gasteiger partial charge in [0.25, 0.3) is 0 Å². The average molecular weight is 442 g/mol.